The van der Waals surface area contributed by atoms with Crippen LogP contribution in [-0.2, 0) is 19.6 Å². The van der Waals surface area contributed by atoms with Gasteiger partial charge in [0.1, 0.15) is 0 Å². The number of sulfonamides is 1. The Hall–Kier alpha value is -3.56. The van der Waals surface area contributed by atoms with Crippen molar-refractivity contribution in [3.8, 4) is 0 Å². The van der Waals surface area contributed by atoms with E-state index in [2.05, 4.69) is 0 Å². The third kappa shape index (κ3) is 4.52. The second-order valence-electron chi connectivity index (χ2n) is 9.71. The van der Waals surface area contributed by atoms with Gasteiger partial charge in [0.25, 0.3) is 5.69 Å². The number of benzene rings is 3. The maximum atomic E-state index is 14.2. The van der Waals surface area contributed by atoms with E-state index >= 15 is 0 Å². The number of esters is 1. The normalized spacial score (nSPS) is 18.7. The van der Waals surface area contributed by atoms with Crippen molar-refractivity contribution in [2.75, 3.05) is 6.61 Å². The average Bonchev–Trinajstić information content (AvgIpc) is 3.26. The summed E-state index contributed by atoms with van der Waals surface area (Å²) in [5.41, 5.74) is 0.118. The minimum atomic E-state index is -4.21. The summed E-state index contributed by atoms with van der Waals surface area (Å²) in [5.74, 6) is -0.578. The summed E-state index contributed by atoms with van der Waals surface area (Å²) in [7, 11) is -4.21. The van der Waals surface area contributed by atoms with Crippen molar-refractivity contribution in [2.45, 2.75) is 44.7 Å². The first kappa shape index (κ1) is 25.5. The summed E-state index contributed by atoms with van der Waals surface area (Å²) < 4.78 is 35.1. The topological polar surface area (TPSA) is 107 Å². The molecule has 36 heavy (non-hydrogen) atoms. The Morgan fingerprint density at radius 1 is 1.03 bits per heavy atom. The molecule has 0 bridgehead atoms. The highest BCUT2D eigenvalue weighted by Gasteiger charge is 2.50. The van der Waals surface area contributed by atoms with E-state index in [-0.39, 0.29) is 22.8 Å². The first-order valence-corrected chi connectivity index (χ1v) is 13.1. The summed E-state index contributed by atoms with van der Waals surface area (Å²) in [6.07, 6.45) is 1.69. The van der Waals surface area contributed by atoms with Gasteiger partial charge in [-0.3, -0.25) is 10.1 Å². The Balaban J connectivity index is 1.98. The highest BCUT2D eigenvalue weighted by atomic mass is 32.2. The van der Waals surface area contributed by atoms with E-state index in [1.54, 1.807) is 13.0 Å². The van der Waals surface area contributed by atoms with Gasteiger partial charge in [0, 0.05) is 18.2 Å². The molecule has 0 radical (unpaired) electrons. The van der Waals surface area contributed by atoms with Crippen LogP contribution in [-0.4, -0.2) is 36.3 Å². The number of ether oxygens (including phenoxy) is 1. The van der Waals surface area contributed by atoms with Gasteiger partial charge in [-0.2, -0.15) is 4.31 Å². The molecule has 0 aromatic heterocycles. The van der Waals surface area contributed by atoms with Crippen LogP contribution < -0.4 is 0 Å². The predicted octanol–water partition coefficient (Wildman–Crippen LogP) is 5.40. The van der Waals surface area contributed by atoms with Crippen molar-refractivity contribution in [3.05, 3.63) is 94.1 Å². The van der Waals surface area contributed by atoms with Crippen molar-refractivity contribution in [2.24, 2.45) is 5.41 Å². The quantitative estimate of drug-likeness (QED) is 0.251. The molecule has 0 fully saturated rings. The van der Waals surface area contributed by atoms with E-state index in [9.17, 15) is 23.3 Å². The summed E-state index contributed by atoms with van der Waals surface area (Å²) in [6, 6.07) is 16.3. The number of rotatable bonds is 6. The van der Waals surface area contributed by atoms with Crippen LogP contribution in [0.25, 0.3) is 10.8 Å². The van der Waals surface area contributed by atoms with Gasteiger partial charge in [0.15, 0.2) is 0 Å². The smallest absolute Gasteiger partial charge is 0.335 e. The summed E-state index contributed by atoms with van der Waals surface area (Å²) >= 11 is 0. The number of fused-ring (bicyclic) bond motifs is 1. The van der Waals surface area contributed by atoms with Gasteiger partial charge in [-0.25, -0.2) is 13.2 Å². The zero-order valence-corrected chi connectivity index (χ0v) is 21.4. The molecule has 0 saturated carbocycles. The Morgan fingerprint density at radius 3 is 2.28 bits per heavy atom. The molecule has 0 aliphatic carbocycles. The SMILES string of the molecule is CCOC(=O)C1=C[C@H](C(C)(C)C)N(S(=O)(=O)c2ccc([N+](=O)[O-])cc2)[C@@H]1c1cccc2ccccc12. The molecule has 0 N–H and O–H groups in total. The number of carbonyl (C=O) groups is 1. The molecule has 0 saturated heterocycles. The van der Waals surface area contributed by atoms with Crippen LogP contribution in [0.5, 0.6) is 0 Å². The van der Waals surface area contributed by atoms with Crippen LogP contribution in [0.2, 0.25) is 0 Å². The monoisotopic (exact) mass is 508 g/mol. The number of carbonyl (C=O) groups excluding carboxylic acids is 1. The molecule has 8 nitrogen and oxygen atoms in total. The lowest BCUT2D eigenvalue weighted by Gasteiger charge is -2.37. The van der Waals surface area contributed by atoms with Gasteiger partial charge < -0.3 is 4.74 Å². The molecule has 1 aliphatic rings. The molecule has 3 aromatic rings. The molecule has 9 heteroatoms. The van der Waals surface area contributed by atoms with Crippen LogP contribution in [0.4, 0.5) is 5.69 Å². The number of non-ortho nitro benzene ring substituents is 1. The van der Waals surface area contributed by atoms with Crippen molar-refractivity contribution in [1.29, 1.82) is 0 Å². The second kappa shape index (κ2) is 9.48. The molecular weight excluding hydrogens is 480 g/mol. The lowest BCUT2D eigenvalue weighted by molar-refractivity contribution is -0.384. The molecule has 1 aliphatic heterocycles. The zero-order chi connectivity index (χ0) is 26.3. The van der Waals surface area contributed by atoms with Crippen LogP contribution in [0.15, 0.2) is 83.3 Å². The molecule has 0 amide bonds. The van der Waals surface area contributed by atoms with Crippen LogP contribution in [0.1, 0.15) is 39.3 Å². The lowest BCUT2D eigenvalue weighted by Crippen LogP contribution is -2.45. The fourth-order valence-electron chi connectivity index (χ4n) is 4.60. The fraction of sp³-hybridized carbons (Fsp3) is 0.296. The average molecular weight is 509 g/mol. The number of nitro benzene ring substituents is 1. The van der Waals surface area contributed by atoms with Gasteiger partial charge in [-0.1, -0.05) is 69.3 Å². The predicted molar refractivity (Wildman–Crippen MR) is 137 cm³/mol. The second-order valence-corrected chi connectivity index (χ2v) is 11.6. The number of nitrogens with zero attached hydrogens (tertiary/aromatic N) is 2. The Bertz CT molecular complexity index is 1450. The molecule has 1 heterocycles. The Morgan fingerprint density at radius 2 is 1.67 bits per heavy atom. The van der Waals surface area contributed by atoms with E-state index in [4.69, 9.17) is 4.74 Å². The lowest BCUT2D eigenvalue weighted by atomic mass is 9.87. The third-order valence-corrected chi connectivity index (χ3v) is 8.16. The van der Waals surface area contributed by atoms with E-state index in [0.717, 1.165) is 10.8 Å². The fourth-order valence-corrected chi connectivity index (χ4v) is 6.51. The summed E-state index contributed by atoms with van der Waals surface area (Å²) in [4.78, 5) is 23.6. The van der Waals surface area contributed by atoms with Gasteiger partial charge in [-0.05, 0) is 40.8 Å². The van der Waals surface area contributed by atoms with Crippen molar-refractivity contribution < 1.29 is 22.9 Å². The molecule has 0 unspecified atom stereocenters. The third-order valence-electron chi connectivity index (χ3n) is 6.30. The van der Waals surface area contributed by atoms with Crippen molar-refractivity contribution in [3.63, 3.8) is 0 Å². The van der Waals surface area contributed by atoms with E-state index in [1.165, 1.54) is 28.6 Å². The van der Waals surface area contributed by atoms with Gasteiger partial charge in [0.05, 0.1) is 28.0 Å². The van der Waals surface area contributed by atoms with Crippen LogP contribution in [0.3, 0.4) is 0 Å². The molecule has 2 atom stereocenters. The van der Waals surface area contributed by atoms with E-state index in [1.807, 2.05) is 63.2 Å². The Kier molecular flexibility index (Phi) is 6.72. The van der Waals surface area contributed by atoms with Gasteiger partial charge >= 0.3 is 5.97 Å². The van der Waals surface area contributed by atoms with E-state index in [0.29, 0.717) is 5.56 Å². The molecular formula is C27H28N2O6S. The molecule has 4 rings (SSSR count). The Labute approximate surface area is 210 Å². The maximum Gasteiger partial charge on any atom is 0.335 e. The standard InChI is InChI=1S/C27H28N2O6S/c1-5-35-26(30)23-17-24(27(2,3)4)28(36(33,34)20-15-13-19(14-16-20)29(31)32)25(23)22-12-8-10-18-9-6-7-11-21(18)22/h6-17,24-25H,5H2,1-4H3/t24-,25-/m1/s1. The zero-order valence-electron chi connectivity index (χ0n) is 20.5. The van der Waals surface area contributed by atoms with Crippen molar-refractivity contribution in [1.82, 2.24) is 4.31 Å². The summed E-state index contributed by atoms with van der Waals surface area (Å²) in [6.45, 7) is 7.56. The number of hydrogen-bond acceptors (Lipinski definition) is 6. The molecule has 0 spiro atoms. The largest absolute Gasteiger partial charge is 0.463 e. The van der Waals surface area contributed by atoms with E-state index < -0.39 is 38.4 Å². The highest BCUT2D eigenvalue weighted by Crippen LogP contribution is 2.47. The minimum absolute atomic E-state index is 0.0916. The summed E-state index contributed by atoms with van der Waals surface area (Å²) in [5, 5.41) is 12.9. The van der Waals surface area contributed by atoms with Gasteiger partial charge in [0.2, 0.25) is 10.0 Å². The van der Waals surface area contributed by atoms with Crippen LogP contribution >= 0.6 is 0 Å². The highest BCUT2D eigenvalue weighted by molar-refractivity contribution is 7.89. The maximum absolute atomic E-state index is 14.2. The molecule has 3 aromatic carbocycles. The van der Waals surface area contributed by atoms with Crippen LogP contribution in [0, 0.1) is 15.5 Å². The van der Waals surface area contributed by atoms with Gasteiger partial charge in [-0.15, -0.1) is 0 Å². The first-order valence-electron chi connectivity index (χ1n) is 11.6. The molecule has 188 valence electrons. The number of nitro groups is 1. The number of hydrogen-bond donors (Lipinski definition) is 0. The van der Waals surface area contributed by atoms with Crippen molar-refractivity contribution >= 4 is 32.5 Å². The minimum Gasteiger partial charge on any atom is -0.463 e. The first-order chi connectivity index (χ1) is 17.0.